The number of piperidine rings is 1. The summed E-state index contributed by atoms with van der Waals surface area (Å²) in [4.78, 5) is 2.50. The first kappa shape index (κ1) is 16.4. The molecule has 0 aliphatic carbocycles. The number of hydrogen-bond donors (Lipinski definition) is 1. The highest BCUT2D eigenvalue weighted by atomic mass is 32.2. The van der Waals surface area contributed by atoms with Gasteiger partial charge in [-0.05, 0) is 62.5 Å². The van der Waals surface area contributed by atoms with Crippen LogP contribution in [0.3, 0.4) is 0 Å². The third kappa shape index (κ3) is 5.05. The van der Waals surface area contributed by atoms with E-state index in [2.05, 4.69) is 16.5 Å². The summed E-state index contributed by atoms with van der Waals surface area (Å²) in [5.41, 5.74) is 0. The number of rotatable bonds is 6. The average Bonchev–Trinajstić information content (AvgIpc) is 2.44. The molecule has 0 bridgehead atoms. The van der Waals surface area contributed by atoms with Gasteiger partial charge in [0.2, 0.25) is 10.0 Å². The lowest BCUT2D eigenvalue weighted by Gasteiger charge is -2.30. The fourth-order valence-electron chi connectivity index (χ4n) is 2.70. The van der Waals surface area contributed by atoms with Gasteiger partial charge in [0.25, 0.3) is 0 Å². The van der Waals surface area contributed by atoms with Crippen molar-refractivity contribution in [3.05, 3.63) is 30.1 Å². The zero-order valence-electron chi connectivity index (χ0n) is 12.4. The lowest BCUT2D eigenvalue weighted by Crippen LogP contribution is -2.36. The molecule has 2 rings (SSSR count). The van der Waals surface area contributed by atoms with Crippen LogP contribution in [0.4, 0.5) is 4.39 Å². The predicted octanol–water partition coefficient (Wildman–Crippen LogP) is 2.23. The van der Waals surface area contributed by atoms with Crippen LogP contribution in [0, 0.1) is 11.7 Å². The fraction of sp³-hybridized carbons (Fsp3) is 0.600. The minimum atomic E-state index is -3.53. The maximum Gasteiger partial charge on any atom is 0.240 e. The van der Waals surface area contributed by atoms with Crippen molar-refractivity contribution in [1.82, 2.24) is 9.62 Å². The predicted molar refractivity (Wildman–Crippen MR) is 81.0 cm³/mol. The van der Waals surface area contributed by atoms with Crippen molar-refractivity contribution < 1.29 is 12.8 Å². The Morgan fingerprint density at radius 3 is 2.71 bits per heavy atom. The second-order valence-electron chi connectivity index (χ2n) is 5.75. The molecule has 118 valence electrons. The van der Waals surface area contributed by atoms with E-state index in [0.29, 0.717) is 6.54 Å². The third-order valence-electron chi connectivity index (χ3n) is 3.81. The molecule has 4 nitrogen and oxygen atoms in total. The first-order chi connectivity index (χ1) is 9.97. The number of hydrogen-bond acceptors (Lipinski definition) is 3. The van der Waals surface area contributed by atoms with Crippen molar-refractivity contribution >= 4 is 10.0 Å². The van der Waals surface area contributed by atoms with Crippen molar-refractivity contribution in [1.29, 1.82) is 0 Å². The Labute approximate surface area is 126 Å². The number of sulfonamides is 1. The van der Waals surface area contributed by atoms with Gasteiger partial charge < -0.3 is 4.90 Å². The first-order valence-corrected chi connectivity index (χ1v) is 8.93. The van der Waals surface area contributed by atoms with Gasteiger partial charge in [0.15, 0.2) is 0 Å². The quantitative estimate of drug-likeness (QED) is 0.819. The van der Waals surface area contributed by atoms with Crippen molar-refractivity contribution in [3.63, 3.8) is 0 Å². The molecule has 6 heteroatoms. The van der Waals surface area contributed by atoms with Gasteiger partial charge in [-0.25, -0.2) is 17.5 Å². The molecule has 1 fully saturated rings. The largest absolute Gasteiger partial charge is 0.303 e. The molecule has 1 aliphatic rings. The number of nitrogens with zero attached hydrogens (tertiary/aromatic N) is 1. The van der Waals surface area contributed by atoms with E-state index in [0.717, 1.165) is 44.1 Å². The van der Waals surface area contributed by atoms with E-state index >= 15 is 0 Å². The van der Waals surface area contributed by atoms with Crippen LogP contribution in [0.1, 0.15) is 26.2 Å². The zero-order valence-corrected chi connectivity index (χ0v) is 13.2. The molecule has 0 amide bonds. The van der Waals surface area contributed by atoms with E-state index in [9.17, 15) is 12.8 Å². The molecule has 1 N–H and O–H groups in total. The van der Waals surface area contributed by atoms with Gasteiger partial charge in [-0.15, -0.1) is 0 Å². The monoisotopic (exact) mass is 314 g/mol. The minimum Gasteiger partial charge on any atom is -0.303 e. The van der Waals surface area contributed by atoms with E-state index < -0.39 is 15.8 Å². The number of benzene rings is 1. The van der Waals surface area contributed by atoms with Crippen LogP contribution in [0.25, 0.3) is 0 Å². The van der Waals surface area contributed by atoms with E-state index in [1.165, 1.54) is 25.0 Å². The topological polar surface area (TPSA) is 49.4 Å². The van der Waals surface area contributed by atoms with Crippen LogP contribution in [-0.2, 0) is 10.0 Å². The van der Waals surface area contributed by atoms with Crippen molar-refractivity contribution in [3.8, 4) is 0 Å². The van der Waals surface area contributed by atoms with Gasteiger partial charge in [-0.3, -0.25) is 0 Å². The van der Waals surface area contributed by atoms with Crippen LogP contribution < -0.4 is 4.72 Å². The van der Waals surface area contributed by atoms with Gasteiger partial charge in [0, 0.05) is 13.1 Å². The molecule has 21 heavy (non-hydrogen) atoms. The highest BCUT2D eigenvalue weighted by molar-refractivity contribution is 7.89. The first-order valence-electron chi connectivity index (χ1n) is 7.45. The second-order valence-corrected chi connectivity index (χ2v) is 7.52. The lowest BCUT2D eigenvalue weighted by molar-refractivity contribution is 0.182. The lowest BCUT2D eigenvalue weighted by atomic mass is 10.0. The minimum absolute atomic E-state index is 0.107. The van der Waals surface area contributed by atoms with Crippen LogP contribution in [0.5, 0.6) is 0 Å². The molecule has 0 radical (unpaired) electrons. The molecule has 1 heterocycles. The Hall–Kier alpha value is -0.980. The molecular weight excluding hydrogens is 291 g/mol. The van der Waals surface area contributed by atoms with Crippen molar-refractivity contribution in [2.24, 2.45) is 5.92 Å². The van der Waals surface area contributed by atoms with Crippen LogP contribution in [0.15, 0.2) is 29.2 Å². The summed E-state index contributed by atoms with van der Waals surface area (Å²) in [5, 5.41) is 0. The van der Waals surface area contributed by atoms with E-state index in [4.69, 9.17) is 0 Å². The maximum atomic E-state index is 12.8. The molecule has 0 spiro atoms. The van der Waals surface area contributed by atoms with Gasteiger partial charge in [-0.2, -0.15) is 0 Å². The highest BCUT2D eigenvalue weighted by Crippen LogP contribution is 2.15. The van der Waals surface area contributed by atoms with E-state index in [-0.39, 0.29) is 4.90 Å². The molecule has 0 saturated carbocycles. The van der Waals surface area contributed by atoms with Gasteiger partial charge in [0.1, 0.15) is 5.82 Å². The van der Waals surface area contributed by atoms with E-state index in [1.54, 1.807) is 0 Å². The standard InChI is InChI=1S/C15H23FN2O2S/c1-13-4-2-10-18(12-13)11-3-9-17-21(19,20)15-7-5-14(16)6-8-15/h5-8,13,17H,2-4,9-12H2,1H3/t13-/m0/s1. The molecule has 1 saturated heterocycles. The summed E-state index contributed by atoms with van der Waals surface area (Å²) in [5.74, 6) is 0.294. The number of likely N-dealkylation sites (tertiary alicyclic amines) is 1. The Morgan fingerprint density at radius 2 is 2.05 bits per heavy atom. The Bertz CT molecular complexity index is 545. The molecule has 1 atom stereocenters. The average molecular weight is 314 g/mol. The van der Waals surface area contributed by atoms with Gasteiger partial charge in [-0.1, -0.05) is 6.92 Å². The fourth-order valence-corrected chi connectivity index (χ4v) is 3.77. The summed E-state index contributed by atoms with van der Waals surface area (Å²) in [6.07, 6.45) is 3.29. The second kappa shape index (κ2) is 7.33. The highest BCUT2D eigenvalue weighted by Gasteiger charge is 2.16. The summed E-state index contributed by atoms with van der Waals surface area (Å²) < 4.78 is 39.4. The van der Waals surface area contributed by atoms with Crippen LogP contribution in [0.2, 0.25) is 0 Å². The number of halogens is 1. The Kier molecular flexibility index (Phi) is 5.72. The van der Waals surface area contributed by atoms with Gasteiger partial charge in [0.05, 0.1) is 4.90 Å². The smallest absolute Gasteiger partial charge is 0.240 e. The SMILES string of the molecule is C[C@H]1CCCN(CCCNS(=O)(=O)c2ccc(F)cc2)C1. The molecule has 1 aliphatic heterocycles. The normalized spacial score (nSPS) is 20.6. The van der Waals surface area contributed by atoms with Crippen molar-refractivity contribution in [2.45, 2.75) is 31.1 Å². The van der Waals surface area contributed by atoms with E-state index in [1.807, 2.05) is 0 Å². The molecule has 0 aromatic heterocycles. The Balaban J connectivity index is 1.76. The summed E-state index contributed by atoms with van der Waals surface area (Å²) in [7, 11) is -3.53. The summed E-state index contributed by atoms with van der Waals surface area (Å²) in [6, 6.07) is 4.88. The summed E-state index contributed by atoms with van der Waals surface area (Å²) >= 11 is 0. The van der Waals surface area contributed by atoms with Crippen LogP contribution in [-0.4, -0.2) is 39.5 Å². The van der Waals surface area contributed by atoms with Crippen LogP contribution >= 0.6 is 0 Å². The molecule has 0 unspecified atom stereocenters. The molecule has 1 aromatic rings. The number of nitrogens with one attached hydrogen (secondary N) is 1. The third-order valence-corrected chi connectivity index (χ3v) is 5.29. The molecular formula is C15H23FN2O2S. The summed E-state index contributed by atoms with van der Waals surface area (Å²) in [6.45, 7) is 5.78. The molecule has 1 aromatic carbocycles. The van der Waals surface area contributed by atoms with Gasteiger partial charge >= 0.3 is 0 Å². The van der Waals surface area contributed by atoms with Crippen molar-refractivity contribution in [2.75, 3.05) is 26.2 Å². The zero-order chi connectivity index (χ0) is 15.3. The Morgan fingerprint density at radius 1 is 1.33 bits per heavy atom. The maximum absolute atomic E-state index is 12.8.